The van der Waals surface area contributed by atoms with E-state index in [-0.39, 0.29) is 5.69 Å². The third kappa shape index (κ3) is 5.48. The molecule has 3 heterocycles. The maximum absolute atomic E-state index is 10.8. The molecule has 0 amide bonds. The summed E-state index contributed by atoms with van der Waals surface area (Å²) in [5.74, 6) is 0.758. The monoisotopic (exact) mass is 407 g/mol. The molecule has 27 heavy (non-hydrogen) atoms. The van der Waals surface area contributed by atoms with Crippen LogP contribution in [0.5, 0.6) is 0 Å². The first-order chi connectivity index (χ1) is 13.2. The van der Waals surface area contributed by atoms with Crippen molar-refractivity contribution in [1.29, 1.82) is 0 Å². The van der Waals surface area contributed by atoms with Crippen molar-refractivity contribution in [1.82, 2.24) is 19.5 Å². The quantitative estimate of drug-likeness (QED) is 0.674. The lowest BCUT2D eigenvalue weighted by atomic mass is 10.2. The van der Waals surface area contributed by atoms with Crippen LogP contribution in [0.2, 0.25) is 5.02 Å². The molecule has 2 aromatic heterocycles. The molecule has 144 valence electrons. The van der Waals surface area contributed by atoms with Gasteiger partial charge in [0.25, 0.3) is 0 Å². The van der Waals surface area contributed by atoms with Crippen molar-refractivity contribution in [3.8, 4) is 0 Å². The number of pyridine rings is 1. The maximum atomic E-state index is 10.8. The summed E-state index contributed by atoms with van der Waals surface area (Å²) in [7, 11) is 0. The Morgan fingerprint density at radius 2 is 1.89 bits per heavy atom. The molecule has 3 aromatic rings. The standard InChI is InChI=1S/C13H18Cl2N2.C6H5N3O/c14-5-2-6-16-7-9-17(10-8-16)13-4-1-3-12(15)11-13;10-6-8-7-5-3-1-2-4-9(5)6/h1,3-4,11H,2,5-10H2;1-4H,(H,8,10). The molecule has 0 unspecified atom stereocenters. The van der Waals surface area contributed by atoms with Gasteiger partial charge in [-0.25, -0.2) is 9.89 Å². The summed E-state index contributed by atoms with van der Waals surface area (Å²) >= 11 is 11.7. The number of fused-ring (bicyclic) bond motifs is 1. The Labute approximate surface area is 168 Å². The molecule has 6 nitrogen and oxygen atoms in total. The van der Waals surface area contributed by atoms with Crippen LogP contribution in [0.25, 0.3) is 5.65 Å². The van der Waals surface area contributed by atoms with Gasteiger partial charge in [-0.1, -0.05) is 23.7 Å². The van der Waals surface area contributed by atoms with Crippen molar-refractivity contribution in [2.45, 2.75) is 6.42 Å². The first-order valence-electron chi connectivity index (χ1n) is 8.98. The fourth-order valence-electron chi connectivity index (χ4n) is 3.04. The zero-order chi connectivity index (χ0) is 19.1. The van der Waals surface area contributed by atoms with E-state index < -0.39 is 0 Å². The zero-order valence-corrected chi connectivity index (χ0v) is 16.5. The molecule has 8 heteroatoms. The van der Waals surface area contributed by atoms with E-state index in [1.807, 2.05) is 24.3 Å². The number of nitrogens with zero attached hydrogens (tertiary/aromatic N) is 4. The number of nitrogens with one attached hydrogen (secondary N) is 1. The maximum Gasteiger partial charge on any atom is 0.347 e. The lowest BCUT2D eigenvalue weighted by molar-refractivity contribution is 0.259. The van der Waals surface area contributed by atoms with E-state index in [1.165, 1.54) is 10.1 Å². The molecule has 1 aliphatic rings. The second kappa shape index (κ2) is 9.78. The van der Waals surface area contributed by atoms with Gasteiger partial charge in [-0.3, -0.25) is 9.30 Å². The highest BCUT2D eigenvalue weighted by Crippen LogP contribution is 2.20. The van der Waals surface area contributed by atoms with Crippen molar-refractivity contribution < 1.29 is 0 Å². The molecular weight excluding hydrogens is 385 g/mol. The largest absolute Gasteiger partial charge is 0.369 e. The van der Waals surface area contributed by atoms with E-state index in [4.69, 9.17) is 23.2 Å². The minimum Gasteiger partial charge on any atom is -0.369 e. The van der Waals surface area contributed by atoms with Gasteiger partial charge in [0.1, 0.15) is 0 Å². The molecular formula is C19H23Cl2N5O. The summed E-state index contributed by atoms with van der Waals surface area (Å²) < 4.78 is 1.44. The second-order valence-corrected chi connectivity index (χ2v) is 7.12. The van der Waals surface area contributed by atoms with Gasteiger partial charge in [0.05, 0.1) is 0 Å². The number of H-pyrrole nitrogens is 1. The molecule has 4 rings (SSSR count). The molecule has 1 N–H and O–H groups in total. The highest BCUT2D eigenvalue weighted by molar-refractivity contribution is 6.30. The van der Waals surface area contributed by atoms with E-state index in [0.717, 1.165) is 50.0 Å². The minimum atomic E-state index is -0.199. The molecule has 0 atom stereocenters. The van der Waals surface area contributed by atoms with Gasteiger partial charge in [-0.05, 0) is 43.3 Å². The molecule has 1 aliphatic heterocycles. The van der Waals surface area contributed by atoms with Crippen molar-refractivity contribution in [3.63, 3.8) is 0 Å². The topological polar surface area (TPSA) is 56.6 Å². The summed E-state index contributed by atoms with van der Waals surface area (Å²) in [4.78, 5) is 15.7. The summed E-state index contributed by atoms with van der Waals surface area (Å²) in [6.45, 7) is 5.49. The van der Waals surface area contributed by atoms with E-state index in [0.29, 0.717) is 5.65 Å². The molecule has 1 fully saturated rings. The Morgan fingerprint density at radius 3 is 2.59 bits per heavy atom. The number of aromatic nitrogens is 3. The number of piperazine rings is 1. The number of benzene rings is 1. The van der Waals surface area contributed by atoms with Gasteiger partial charge < -0.3 is 4.90 Å². The van der Waals surface area contributed by atoms with Gasteiger partial charge >= 0.3 is 5.69 Å². The third-order valence-electron chi connectivity index (χ3n) is 4.48. The predicted octanol–water partition coefficient (Wildman–Crippen LogP) is 3.11. The number of hydrogen-bond acceptors (Lipinski definition) is 4. The zero-order valence-electron chi connectivity index (χ0n) is 15.0. The van der Waals surface area contributed by atoms with E-state index in [2.05, 4.69) is 26.1 Å². The van der Waals surface area contributed by atoms with Crippen LogP contribution >= 0.6 is 23.2 Å². The molecule has 0 bridgehead atoms. The third-order valence-corrected chi connectivity index (χ3v) is 4.98. The number of alkyl halides is 1. The van der Waals surface area contributed by atoms with Crippen LogP contribution in [-0.4, -0.2) is 58.1 Å². The van der Waals surface area contributed by atoms with Crippen molar-refractivity contribution in [2.75, 3.05) is 43.5 Å². The summed E-state index contributed by atoms with van der Waals surface area (Å²) in [5, 5.41) is 6.89. The van der Waals surface area contributed by atoms with Crippen molar-refractivity contribution in [3.05, 3.63) is 64.2 Å². The highest BCUT2D eigenvalue weighted by atomic mass is 35.5. The Bertz CT molecular complexity index is 902. The number of halogens is 2. The molecule has 1 saturated heterocycles. The van der Waals surface area contributed by atoms with Crippen LogP contribution in [0.15, 0.2) is 53.5 Å². The summed E-state index contributed by atoms with van der Waals surface area (Å²) in [6.07, 6.45) is 2.75. The Morgan fingerprint density at radius 1 is 1.07 bits per heavy atom. The Kier molecular flexibility index (Phi) is 7.15. The van der Waals surface area contributed by atoms with Crippen LogP contribution in [0.4, 0.5) is 5.69 Å². The SMILES string of the molecule is ClCCCN1CCN(c2cccc(Cl)c2)CC1.O=c1[nH]nc2ccccn12. The fourth-order valence-corrected chi connectivity index (χ4v) is 3.35. The average molecular weight is 408 g/mol. The van der Waals surface area contributed by atoms with Gasteiger partial charge in [0, 0.05) is 49.0 Å². The van der Waals surface area contributed by atoms with E-state index >= 15 is 0 Å². The lowest BCUT2D eigenvalue weighted by Crippen LogP contribution is -2.46. The number of hydrogen-bond donors (Lipinski definition) is 1. The van der Waals surface area contributed by atoms with Crippen LogP contribution in [0.1, 0.15) is 6.42 Å². The molecule has 0 saturated carbocycles. The summed E-state index contributed by atoms with van der Waals surface area (Å²) in [5.41, 5.74) is 1.68. The predicted molar refractivity (Wildman–Crippen MR) is 111 cm³/mol. The first-order valence-corrected chi connectivity index (χ1v) is 9.89. The smallest absolute Gasteiger partial charge is 0.347 e. The Balaban J connectivity index is 0.000000177. The average Bonchev–Trinajstić information content (AvgIpc) is 3.09. The molecule has 0 spiro atoms. The number of rotatable bonds is 4. The van der Waals surface area contributed by atoms with Gasteiger partial charge in [0.2, 0.25) is 0 Å². The number of anilines is 1. The van der Waals surface area contributed by atoms with Gasteiger partial charge in [0.15, 0.2) is 5.65 Å². The minimum absolute atomic E-state index is 0.199. The molecule has 0 radical (unpaired) electrons. The second-order valence-electron chi connectivity index (χ2n) is 6.31. The fraction of sp³-hybridized carbons (Fsp3) is 0.368. The normalized spacial score (nSPS) is 14.8. The van der Waals surface area contributed by atoms with Crippen molar-refractivity contribution in [2.24, 2.45) is 0 Å². The van der Waals surface area contributed by atoms with E-state index in [9.17, 15) is 4.79 Å². The number of aromatic amines is 1. The first kappa shape index (κ1) is 19.7. The lowest BCUT2D eigenvalue weighted by Gasteiger charge is -2.36. The van der Waals surface area contributed by atoms with Crippen LogP contribution in [-0.2, 0) is 0 Å². The molecule has 0 aliphatic carbocycles. The van der Waals surface area contributed by atoms with E-state index in [1.54, 1.807) is 18.3 Å². The van der Waals surface area contributed by atoms with Gasteiger partial charge in [-0.2, -0.15) is 5.10 Å². The van der Waals surface area contributed by atoms with Crippen LogP contribution in [0, 0.1) is 0 Å². The molecule has 1 aromatic carbocycles. The van der Waals surface area contributed by atoms with Gasteiger partial charge in [-0.15, -0.1) is 11.6 Å². The Hall–Kier alpha value is -2.02. The van der Waals surface area contributed by atoms with Crippen molar-refractivity contribution >= 4 is 34.5 Å². The van der Waals surface area contributed by atoms with Crippen LogP contribution in [0.3, 0.4) is 0 Å². The van der Waals surface area contributed by atoms with Crippen LogP contribution < -0.4 is 10.6 Å². The summed E-state index contributed by atoms with van der Waals surface area (Å²) in [6, 6.07) is 13.5. The highest BCUT2D eigenvalue weighted by Gasteiger charge is 2.16.